The van der Waals surface area contributed by atoms with Crippen molar-refractivity contribution in [1.29, 1.82) is 0 Å². The molecule has 0 fully saturated rings. The molecule has 0 spiro atoms. The number of nitrogen functional groups attached to an aromatic ring is 2. The highest BCUT2D eigenvalue weighted by Gasteiger charge is 2.14. The van der Waals surface area contributed by atoms with Crippen molar-refractivity contribution in [2.24, 2.45) is 0 Å². The Hall–Kier alpha value is -5.36. The molecule has 4 rings (SSSR count). The molecular formula is C33H28N2O4. The lowest BCUT2D eigenvalue weighted by Crippen LogP contribution is -2.06. The molecule has 4 aromatic rings. The first-order valence-corrected chi connectivity index (χ1v) is 12.2. The van der Waals surface area contributed by atoms with Gasteiger partial charge in [0, 0.05) is 45.8 Å². The van der Waals surface area contributed by atoms with Gasteiger partial charge in [0.05, 0.1) is 0 Å². The molecule has 0 bridgehead atoms. The second-order valence-electron chi connectivity index (χ2n) is 8.72. The molecule has 4 N–H and O–H groups in total. The van der Waals surface area contributed by atoms with Gasteiger partial charge >= 0.3 is 0 Å². The van der Waals surface area contributed by atoms with Gasteiger partial charge in [0.25, 0.3) is 0 Å². The van der Waals surface area contributed by atoms with Gasteiger partial charge in [-0.3, -0.25) is 9.59 Å². The standard InChI is InChI=1S/C33H28N2O4/c1-3-23(14-13-22(2)38-30-11-5-9-27(34)20-30)32(36)25-7-4-8-26(19-25)33(37)24-15-17-29(18-16-24)39-31-12-6-10-28(35)21-31/h3-21H,1,34-35H2,2H3/b22-13+,23-14+. The largest absolute Gasteiger partial charge is 0.462 e. The van der Waals surface area contributed by atoms with Crippen LogP contribution in [0.4, 0.5) is 11.4 Å². The second-order valence-corrected chi connectivity index (χ2v) is 8.72. The Labute approximate surface area is 227 Å². The fourth-order valence-electron chi connectivity index (χ4n) is 3.76. The predicted molar refractivity (Wildman–Crippen MR) is 155 cm³/mol. The maximum absolute atomic E-state index is 13.2. The van der Waals surface area contributed by atoms with Crippen LogP contribution in [0.1, 0.15) is 33.2 Å². The molecule has 4 aromatic carbocycles. The average molecular weight is 517 g/mol. The smallest absolute Gasteiger partial charge is 0.193 e. The van der Waals surface area contributed by atoms with Crippen LogP contribution in [0.2, 0.25) is 0 Å². The van der Waals surface area contributed by atoms with Gasteiger partial charge in [-0.25, -0.2) is 0 Å². The topological polar surface area (TPSA) is 105 Å². The monoisotopic (exact) mass is 516 g/mol. The summed E-state index contributed by atoms with van der Waals surface area (Å²) in [6.07, 6.45) is 4.78. The van der Waals surface area contributed by atoms with E-state index in [1.165, 1.54) is 6.08 Å². The third-order valence-corrected chi connectivity index (χ3v) is 5.71. The molecule has 0 heterocycles. The molecular weight excluding hydrogens is 488 g/mol. The summed E-state index contributed by atoms with van der Waals surface area (Å²) in [6.45, 7) is 5.54. The molecule has 194 valence electrons. The molecule has 0 saturated heterocycles. The number of Topliss-reactive ketones (excluding diaryl/α,β-unsaturated/α-hetero) is 1. The van der Waals surface area contributed by atoms with Crippen molar-refractivity contribution < 1.29 is 19.1 Å². The number of nitrogens with two attached hydrogens (primary N) is 2. The lowest BCUT2D eigenvalue weighted by Gasteiger charge is -2.08. The number of hydrogen-bond donors (Lipinski definition) is 2. The first-order chi connectivity index (χ1) is 18.8. The summed E-state index contributed by atoms with van der Waals surface area (Å²) in [5, 5.41) is 0. The van der Waals surface area contributed by atoms with E-state index < -0.39 is 0 Å². The van der Waals surface area contributed by atoms with Crippen LogP contribution in [0.3, 0.4) is 0 Å². The minimum absolute atomic E-state index is 0.212. The van der Waals surface area contributed by atoms with E-state index in [2.05, 4.69) is 6.58 Å². The van der Waals surface area contributed by atoms with Gasteiger partial charge in [-0.15, -0.1) is 0 Å². The Morgan fingerprint density at radius 3 is 1.97 bits per heavy atom. The Kier molecular flexibility index (Phi) is 8.39. The van der Waals surface area contributed by atoms with Crippen LogP contribution in [-0.4, -0.2) is 11.6 Å². The number of rotatable bonds is 10. The Morgan fingerprint density at radius 1 is 0.692 bits per heavy atom. The molecule has 0 radical (unpaired) electrons. The molecule has 0 amide bonds. The van der Waals surface area contributed by atoms with Crippen LogP contribution in [0.5, 0.6) is 17.2 Å². The van der Waals surface area contributed by atoms with Crippen LogP contribution in [-0.2, 0) is 0 Å². The van der Waals surface area contributed by atoms with Crippen LogP contribution in [0.25, 0.3) is 0 Å². The van der Waals surface area contributed by atoms with Gasteiger partial charge in [0.2, 0.25) is 0 Å². The van der Waals surface area contributed by atoms with Crippen LogP contribution in [0.15, 0.2) is 133 Å². The van der Waals surface area contributed by atoms with Crippen LogP contribution in [0, 0.1) is 0 Å². The quantitative estimate of drug-likeness (QED) is 0.0762. The van der Waals surface area contributed by atoms with Gasteiger partial charge in [-0.1, -0.05) is 43.0 Å². The van der Waals surface area contributed by atoms with E-state index in [1.54, 1.807) is 116 Å². The minimum Gasteiger partial charge on any atom is -0.462 e. The summed E-state index contributed by atoms with van der Waals surface area (Å²) in [5.74, 6) is 1.87. The lowest BCUT2D eigenvalue weighted by atomic mass is 9.97. The number of carbonyl (C=O) groups excluding carboxylic acids is 2. The zero-order valence-corrected chi connectivity index (χ0v) is 21.5. The Bertz CT molecular complexity index is 1580. The number of ketones is 2. The third-order valence-electron chi connectivity index (χ3n) is 5.71. The van der Waals surface area contributed by atoms with Crippen molar-refractivity contribution in [3.63, 3.8) is 0 Å². The van der Waals surface area contributed by atoms with E-state index in [0.717, 1.165) is 0 Å². The first kappa shape index (κ1) is 26.7. The third kappa shape index (κ3) is 7.11. The number of allylic oxidation sites excluding steroid dienone is 5. The number of carbonyl (C=O) groups is 2. The van der Waals surface area contributed by atoms with Crippen molar-refractivity contribution >= 4 is 22.9 Å². The highest BCUT2D eigenvalue weighted by atomic mass is 16.5. The van der Waals surface area contributed by atoms with Gasteiger partial charge in [0.1, 0.15) is 23.0 Å². The van der Waals surface area contributed by atoms with E-state index in [4.69, 9.17) is 20.9 Å². The summed E-state index contributed by atoms with van der Waals surface area (Å²) in [4.78, 5) is 26.3. The maximum Gasteiger partial charge on any atom is 0.193 e. The maximum atomic E-state index is 13.2. The van der Waals surface area contributed by atoms with Crippen molar-refractivity contribution in [2.45, 2.75) is 6.92 Å². The molecule has 0 aliphatic carbocycles. The molecule has 0 unspecified atom stereocenters. The molecule has 0 saturated carbocycles. The molecule has 6 nitrogen and oxygen atoms in total. The predicted octanol–water partition coefficient (Wildman–Crippen LogP) is 7.15. The molecule has 0 aromatic heterocycles. The summed E-state index contributed by atoms with van der Waals surface area (Å²) < 4.78 is 11.5. The SMILES string of the molecule is C=C/C(=C\C=C(/C)Oc1cccc(N)c1)C(=O)c1cccc(C(=O)c2ccc(Oc3cccc(N)c3)cc2)c1. The second kappa shape index (κ2) is 12.3. The van der Waals surface area contributed by atoms with E-state index in [1.807, 2.05) is 0 Å². The van der Waals surface area contributed by atoms with E-state index >= 15 is 0 Å². The lowest BCUT2D eigenvalue weighted by molar-refractivity contribution is 0.103. The van der Waals surface area contributed by atoms with Gasteiger partial charge < -0.3 is 20.9 Å². The van der Waals surface area contributed by atoms with Gasteiger partial charge in [-0.05, 0) is 73.7 Å². The fourth-order valence-corrected chi connectivity index (χ4v) is 3.76. The Morgan fingerprint density at radius 2 is 1.31 bits per heavy atom. The molecule has 0 atom stereocenters. The Balaban J connectivity index is 1.47. The summed E-state index contributed by atoms with van der Waals surface area (Å²) in [5.41, 5.74) is 14.4. The minimum atomic E-state index is -0.265. The van der Waals surface area contributed by atoms with Crippen LogP contribution < -0.4 is 20.9 Å². The molecule has 39 heavy (non-hydrogen) atoms. The zero-order chi connectivity index (χ0) is 27.8. The number of anilines is 2. The summed E-state index contributed by atoms with van der Waals surface area (Å²) in [7, 11) is 0. The summed E-state index contributed by atoms with van der Waals surface area (Å²) >= 11 is 0. The highest BCUT2D eigenvalue weighted by molar-refractivity contribution is 6.14. The number of hydrogen-bond acceptors (Lipinski definition) is 6. The van der Waals surface area contributed by atoms with Crippen molar-refractivity contribution in [3.8, 4) is 17.2 Å². The number of ether oxygens (including phenoxy) is 2. The normalized spacial score (nSPS) is 11.5. The first-order valence-electron chi connectivity index (χ1n) is 12.2. The van der Waals surface area contributed by atoms with Crippen molar-refractivity contribution in [1.82, 2.24) is 0 Å². The fraction of sp³-hybridized carbons (Fsp3) is 0.0303. The molecule has 6 heteroatoms. The number of benzene rings is 4. The van der Waals surface area contributed by atoms with Crippen molar-refractivity contribution in [2.75, 3.05) is 11.5 Å². The average Bonchev–Trinajstić information content (AvgIpc) is 2.93. The molecule has 0 aliphatic heterocycles. The van der Waals surface area contributed by atoms with Crippen molar-refractivity contribution in [3.05, 3.63) is 150 Å². The summed E-state index contributed by atoms with van der Waals surface area (Å²) in [6, 6.07) is 27.6. The molecule has 0 aliphatic rings. The van der Waals surface area contributed by atoms with E-state index in [-0.39, 0.29) is 11.6 Å². The van der Waals surface area contributed by atoms with Gasteiger partial charge in [0.15, 0.2) is 11.6 Å². The van der Waals surface area contributed by atoms with Gasteiger partial charge in [-0.2, -0.15) is 0 Å². The van der Waals surface area contributed by atoms with Crippen LogP contribution >= 0.6 is 0 Å². The van der Waals surface area contributed by atoms with E-state index in [0.29, 0.717) is 56.6 Å². The highest BCUT2D eigenvalue weighted by Crippen LogP contribution is 2.24. The van der Waals surface area contributed by atoms with E-state index in [9.17, 15) is 9.59 Å². The zero-order valence-electron chi connectivity index (χ0n) is 21.5.